The number of anilines is 1. The average molecular weight is 425 g/mol. The lowest BCUT2D eigenvalue weighted by Gasteiger charge is -2.07. The third-order valence-electron chi connectivity index (χ3n) is 4.41. The number of carbonyl (C=O) groups is 1. The van der Waals surface area contributed by atoms with Crippen molar-refractivity contribution in [3.05, 3.63) is 94.8 Å². The molecule has 0 unspecified atom stereocenters. The predicted octanol–water partition coefficient (Wildman–Crippen LogP) is 5.43. The van der Waals surface area contributed by atoms with Gasteiger partial charge >= 0.3 is 0 Å². The molecule has 0 radical (unpaired) electrons. The van der Waals surface area contributed by atoms with Crippen LogP contribution in [0.25, 0.3) is 17.1 Å². The van der Waals surface area contributed by atoms with Crippen LogP contribution in [0.2, 0.25) is 5.02 Å². The molecule has 150 valence electrons. The number of halogens is 3. The molecule has 0 aliphatic heterocycles. The molecule has 1 aromatic heterocycles. The molecule has 0 aliphatic carbocycles. The Morgan fingerprint density at radius 3 is 2.23 bits per heavy atom. The van der Waals surface area contributed by atoms with Crippen LogP contribution >= 0.6 is 11.6 Å². The van der Waals surface area contributed by atoms with Gasteiger partial charge in [0.15, 0.2) is 5.82 Å². The number of benzene rings is 3. The molecular formula is C22H15ClF2N4O. The molecule has 0 saturated heterocycles. The lowest BCUT2D eigenvalue weighted by molar-refractivity contribution is 0.101. The van der Waals surface area contributed by atoms with Crippen molar-refractivity contribution in [2.75, 3.05) is 5.32 Å². The molecular weight excluding hydrogens is 410 g/mol. The van der Waals surface area contributed by atoms with Crippen LogP contribution in [0.5, 0.6) is 0 Å². The maximum atomic E-state index is 13.4. The van der Waals surface area contributed by atoms with Crippen LogP contribution in [0.15, 0.2) is 66.7 Å². The first kappa shape index (κ1) is 19.7. The van der Waals surface area contributed by atoms with Gasteiger partial charge in [0.1, 0.15) is 11.6 Å². The molecule has 0 atom stereocenters. The van der Waals surface area contributed by atoms with E-state index in [4.69, 9.17) is 11.6 Å². The van der Waals surface area contributed by atoms with Gasteiger partial charge in [-0.05, 0) is 73.2 Å². The van der Waals surface area contributed by atoms with Crippen molar-refractivity contribution in [2.24, 2.45) is 0 Å². The standard InChI is InChI=1S/C22H15ClF2N4O/c1-13-2-11-18(12-19(13)23)29-21(14-3-5-15(24)6-4-14)27-20(28-29)22(30)26-17-9-7-16(25)8-10-17/h2-12H,1H3,(H,26,30). The summed E-state index contributed by atoms with van der Waals surface area (Å²) in [5.74, 6) is -1.13. The average Bonchev–Trinajstić information content (AvgIpc) is 3.18. The number of aromatic nitrogens is 3. The minimum atomic E-state index is -0.568. The summed E-state index contributed by atoms with van der Waals surface area (Å²) in [6, 6.07) is 16.4. The van der Waals surface area contributed by atoms with E-state index in [1.165, 1.54) is 41.1 Å². The van der Waals surface area contributed by atoms with Gasteiger partial charge in [0.05, 0.1) is 5.69 Å². The molecule has 8 heteroatoms. The minimum Gasteiger partial charge on any atom is -0.319 e. The van der Waals surface area contributed by atoms with Gasteiger partial charge in [-0.25, -0.2) is 18.4 Å². The first-order valence-electron chi connectivity index (χ1n) is 8.97. The molecule has 4 rings (SSSR count). The highest BCUT2D eigenvalue weighted by Gasteiger charge is 2.19. The third-order valence-corrected chi connectivity index (χ3v) is 4.82. The summed E-state index contributed by atoms with van der Waals surface area (Å²) < 4.78 is 27.9. The second-order valence-electron chi connectivity index (χ2n) is 6.57. The normalized spacial score (nSPS) is 10.8. The monoisotopic (exact) mass is 424 g/mol. The van der Waals surface area contributed by atoms with Gasteiger partial charge < -0.3 is 5.32 Å². The zero-order valence-corrected chi connectivity index (χ0v) is 16.5. The lowest BCUT2D eigenvalue weighted by atomic mass is 10.2. The Bertz CT molecular complexity index is 1220. The predicted molar refractivity (Wildman–Crippen MR) is 111 cm³/mol. The van der Waals surface area contributed by atoms with E-state index >= 15 is 0 Å². The number of hydrogen-bond donors (Lipinski definition) is 1. The Labute approximate surface area is 176 Å². The number of carbonyl (C=O) groups excluding carboxylic acids is 1. The van der Waals surface area contributed by atoms with Crippen LogP contribution in [0.4, 0.5) is 14.5 Å². The number of aryl methyl sites for hydroxylation is 1. The Hall–Kier alpha value is -3.58. The van der Waals surface area contributed by atoms with Gasteiger partial charge in [0, 0.05) is 16.3 Å². The first-order valence-corrected chi connectivity index (χ1v) is 9.35. The van der Waals surface area contributed by atoms with E-state index in [0.29, 0.717) is 27.8 Å². The molecule has 0 saturated carbocycles. The largest absolute Gasteiger partial charge is 0.319 e. The van der Waals surface area contributed by atoms with Crippen LogP contribution in [0, 0.1) is 18.6 Å². The molecule has 5 nitrogen and oxygen atoms in total. The zero-order chi connectivity index (χ0) is 21.3. The van der Waals surface area contributed by atoms with E-state index < -0.39 is 17.5 Å². The van der Waals surface area contributed by atoms with Crippen LogP contribution in [0.3, 0.4) is 0 Å². The fourth-order valence-electron chi connectivity index (χ4n) is 2.81. The number of rotatable bonds is 4. The molecule has 0 bridgehead atoms. The van der Waals surface area contributed by atoms with Crippen molar-refractivity contribution in [1.82, 2.24) is 14.8 Å². The van der Waals surface area contributed by atoms with E-state index in [9.17, 15) is 13.6 Å². The second kappa shape index (κ2) is 8.04. The highest BCUT2D eigenvalue weighted by Crippen LogP contribution is 2.25. The Kier molecular flexibility index (Phi) is 5.29. The van der Waals surface area contributed by atoms with E-state index in [0.717, 1.165) is 5.56 Å². The van der Waals surface area contributed by atoms with Crippen LogP contribution in [-0.2, 0) is 0 Å². The van der Waals surface area contributed by atoms with Gasteiger partial charge in [0.2, 0.25) is 5.82 Å². The number of hydrogen-bond acceptors (Lipinski definition) is 3. The number of nitrogens with one attached hydrogen (secondary N) is 1. The topological polar surface area (TPSA) is 59.8 Å². The fraction of sp³-hybridized carbons (Fsp3) is 0.0455. The summed E-state index contributed by atoms with van der Waals surface area (Å²) in [6.07, 6.45) is 0. The maximum absolute atomic E-state index is 13.4. The first-order chi connectivity index (χ1) is 14.4. The van der Waals surface area contributed by atoms with E-state index in [1.54, 1.807) is 24.3 Å². The van der Waals surface area contributed by atoms with Gasteiger partial charge in [-0.3, -0.25) is 4.79 Å². The molecule has 3 aromatic carbocycles. The Morgan fingerprint density at radius 2 is 1.60 bits per heavy atom. The summed E-state index contributed by atoms with van der Waals surface area (Å²) >= 11 is 6.25. The van der Waals surface area contributed by atoms with E-state index in [1.807, 2.05) is 13.0 Å². The summed E-state index contributed by atoms with van der Waals surface area (Å²) in [5.41, 5.74) is 2.46. The molecule has 0 fully saturated rings. The highest BCUT2D eigenvalue weighted by molar-refractivity contribution is 6.31. The van der Waals surface area contributed by atoms with Gasteiger partial charge in [0.25, 0.3) is 5.91 Å². The molecule has 0 aliphatic rings. The van der Waals surface area contributed by atoms with Crippen molar-refractivity contribution in [2.45, 2.75) is 6.92 Å². The van der Waals surface area contributed by atoms with E-state index in [2.05, 4.69) is 15.4 Å². The van der Waals surface area contributed by atoms with Gasteiger partial charge in [-0.15, -0.1) is 5.10 Å². The maximum Gasteiger partial charge on any atom is 0.295 e. The molecule has 30 heavy (non-hydrogen) atoms. The smallest absolute Gasteiger partial charge is 0.295 e. The Balaban J connectivity index is 1.76. The molecule has 0 spiro atoms. The van der Waals surface area contributed by atoms with Crippen molar-refractivity contribution >= 4 is 23.2 Å². The SMILES string of the molecule is Cc1ccc(-n2nc(C(=O)Nc3ccc(F)cc3)nc2-c2ccc(F)cc2)cc1Cl. The highest BCUT2D eigenvalue weighted by atomic mass is 35.5. The van der Waals surface area contributed by atoms with Crippen molar-refractivity contribution < 1.29 is 13.6 Å². The number of nitrogens with zero attached hydrogens (tertiary/aromatic N) is 3. The zero-order valence-electron chi connectivity index (χ0n) is 15.7. The Morgan fingerprint density at radius 1 is 0.967 bits per heavy atom. The van der Waals surface area contributed by atoms with Crippen LogP contribution in [-0.4, -0.2) is 20.7 Å². The summed E-state index contributed by atoms with van der Waals surface area (Å²) in [6.45, 7) is 1.87. The van der Waals surface area contributed by atoms with Crippen molar-refractivity contribution in [1.29, 1.82) is 0 Å². The second-order valence-corrected chi connectivity index (χ2v) is 6.98. The quantitative estimate of drug-likeness (QED) is 0.475. The van der Waals surface area contributed by atoms with Gasteiger partial charge in [-0.2, -0.15) is 0 Å². The molecule has 4 aromatic rings. The van der Waals surface area contributed by atoms with Crippen molar-refractivity contribution in [3.8, 4) is 17.1 Å². The molecule has 1 N–H and O–H groups in total. The van der Waals surface area contributed by atoms with Crippen molar-refractivity contribution in [3.63, 3.8) is 0 Å². The summed E-state index contributed by atoms with van der Waals surface area (Å²) in [4.78, 5) is 17.0. The molecule has 1 heterocycles. The summed E-state index contributed by atoms with van der Waals surface area (Å²) in [7, 11) is 0. The van der Waals surface area contributed by atoms with Gasteiger partial charge in [-0.1, -0.05) is 17.7 Å². The summed E-state index contributed by atoms with van der Waals surface area (Å²) in [5, 5.41) is 7.49. The van der Waals surface area contributed by atoms with Crippen LogP contribution in [0.1, 0.15) is 16.2 Å². The minimum absolute atomic E-state index is 0.102. The number of amides is 1. The molecule has 1 amide bonds. The van der Waals surface area contributed by atoms with Crippen LogP contribution < -0.4 is 5.32 Å². The van der Waals surface area contributed by atoms with E-state index in [-0.39, 0.29) is 5.82 Å². The third kappa shape index (κ3) is 4.06. The lowest BCUT2D eigenvalue weighted by Crippen LogP contribution is -2.14. The fourth-order valence-corrected chi connectivity index (χ4v) is 2.98.